The van der Waals surface area contributed by atoms with Gasteiger partial charge >= 0.3 is 5.97 Å². The van der Waals surface area contributed by atoms with Crippen molar-refractivity contribution in [2.75, 3.05) is 11.9 Å². The highest BCUT2D eigenvalue weighted by Gasteiger charge is 2.21. The lowest BCUT2D eigenvalue weighted by molar-refractivity contribution is -0.119. The van der Waals surface area contributed by atoms with Crippen molar-refractivity contribution in [2.24, 2.45) is 0 Å². The van der Waals surface area contributed by atoms with E-state index in [1.54, 1.807) is 0 Å². The molecular weight excluding hydrogens is 410 g/mol. The van der Waals surface area contributed by atoms with Gasteiger partial charge in [0.05, 0.1) is 10.7 Å². The van der Waals surface area contributed by atoms with Crippen molar-refractivity contribution >= 4 is 50.6 Å². The fourth-order valence-electron chi connectivity index (χ4n) is 2.18. The van der Waals surface area contributed by atoms with Crippen LogP contribution in [0.1, 0.15) is 9.67 Å². The lowest BCUT2D eigenvalue weighted by atomic mass is 10.2. The molecule has 0 unspecified atom stereocenters. The molecule has 4 nitrogen and oxygen atoms in total. The number of benzene rings is 2. The molecule has 1 N–H and O–H groups in total. The molecular formula is C17H8ClF4NO3S. The van der Waals surface area contributed by atoms with E-state index in [0.29, 0.717) is 16.2 Å². The van der Waals surface area contributed by atoms with E-state index in [1.165, 1.54) is 18.2 Å². The van der Waals surface area contributed by atoms with Crippen molar-refractivity contribution in [1.29, 1.82) is 0 Å². The molecule has 0 saturated carbocycles. The second-order valence-electron chi connectivity index (χ2n) is 5.23. The average molecular weight is 418 g/mol. The van der Waals surface area contributed by atoms with E-state index < -0.39 is 47.4 Å². The van der Waals surface area contributed by atoms with Crippen molar-refractivity contribution in [3.8, 4) is 0 Å². The first-order chi connectivity index (χ1) is 12.8. The molecule has 2 aromatic carbocycles. The number of halogens is 5. The van der Waals surface area contributed by atoms with E-state index in [1.807, 2.05) is 5.32 Å². The number of rotatable bonds is 4. The maximum absolute atomic E-state index is 13.5. The van der Waals surface area contributed by atoms with Crippen LogP contribution in [-0.4, -0.2) is 18.5 Å². The van der Waals surface area contributed by atoms with Gasteiger partial charge in [0.25, 0.3) is 5.91 Å². The molecule has 0 aliphatic heterocycles. The molecule has 0 saturated heterocycles. The monoisotopic (exact) mass is 417 g/mol. The fraction of sp³-hybridized carbons (Fsp3) is 0.0588. The lowest BCUT2D eigenvalue weighted by Crippen LogP contribution is -2.21. The van der Waals surface area contributed by atoms with Crippen LogP contribution in [0.2, 0.25) is 5.02 Å². The predicted molar refractivity (Wildman–Crippen MR) is 92.0 cm³/mol. The van der Waals surface area contributed by atoms with E-state index in [9.17, 15) is 27.2 Å². The third-order valence-corrected chi connectivity index (χ3v) is 5.06. The van der Waals surface area contributed by atoms with Crippen LogP contribution < -0.4 is 5.32 Å². The Hall–Kier alpha value is -2.65. The molecule has 140 valence electrons. The van der Waals surface area contributed by atoms with E-state index in [0.717, 1.165) is 17.4 Å². The summed E-state index contributed by atoms with van der Waals surface area (Å²) in [5.74, 6) is -7.15. The van der Waals surface area contributed by atoms with Gasteiger partial charge in [0.2, 0.25) is 0 Å². The average Bonchev–Trinajstić information content (AvgIpc) is 2.96. The predicted octanol–water partition coefficient (Wildman–Crippen LogP) is 4.91. The molecule has 0 aliphatic rings. The fourth-order valence-corrected chi connectivity index (χ4v) is 3.60. The van der Waals surface area contributed by atoms with Gasteiger partial charge in [-0.05, 0) is 30.3 Å². The molecule has 0 radical (unpaired) electrons. The molecule has 1 amide bonds. The van der Waals surface area contributed by atoms with Crippen LogP contribution in [0.5, 0.6) is 0 Å². The van der Waals surface area contributed by atoms with Gasteiger partial charge in [-0.2, -0.15) is 0 Å². The SMILES string of the molecule is O=C(COC(=O)c1sc2cc(F)ccc2c1Cl)Nc1ccc(F)c(F)c1F. The zero-order valence-corrected chi connectivity index (χ0v) is 14.7. The first kappa shape index (κ1) is 19.1. The summed E-state index contributed by atoms with van der Waals surface area (Å²) in [5.41, 5.74) is -0.606. The van der Waals surface area contributed by atoms with Crippen molar-refractivity contribution in [2.45, 2.75) is 0 Å². The summed E-state index contributed by atoms with van der Waals surface area (Å²) < 4.78 is 57.9. The van der Waals surface area contributed by atoms with Crippen LogP contribution in [0, 0.1) is 23.3 Å². The van der Waals surface area contributed by atoms with E-state index in [-0.39, 0.29) is 9.90 Å². The van der Waals surface area contributed by atoms with Gasteiger partial charge in [-0.25, -0.2) is 22.4 Å². The first-order valence-corrected chi connectivity index (χ1v) is 8.45. The molecule has 27 heavy (non-hydrogen) atoms. The Balaban J connectivity index is 1.68. The Morgan fingerprint density at radius 1 is 1.07 bits per heavy atom. The minimum absolute atomic E-state index is 0.0379. The van der Waals surface area contributed by atoms with E-state index in [2.05, 4.69) is 0 Å². The topological polar surface area (TPSA) is 55.4 Å². The number of carbonyl (C=O) groups excluding carboxylic acids is 2. The molecule has 0 aliphatic carbocycles. The summed E-state index contributed by atoms with van der Waals surface area (Å²) in [6, 6.07) is 5.24. The summed E-state index contributed by atoms with van der Waals surface area (Å²) in [6.45, 7) is -0.823. The Morgan fingerprint density at radius 2 is 1.81 bits per heavy atom. The quantitative estimate of drug-likeness (QED) is 0.373. The highest BCUT2D eigenvalue weighted by Crippen LogP contribution is 2.36. The molecule has 10 heteroatoms. The van der Waals surface area contributed by atoms with Crippen LogP contribution in [-0.2, 0) is 9.53 Å². The molecule has 1 aromatic heterocycles. The van der Waals surface area contributed by atoms with Gasteiger partial charge < -0.3 is 10.1 Å². The van der Waals surface area contributed by atoms with Crippen LogP contribution in [0.25, 0.3) is 10.1 Å². The summed E-state index contributed by atoms with van der Waals surface area (Å²) in [7, 11) is 0. The second kappa shape index (κ2) is 7.53. The van der Waals surface area contributed by atoms with Crippen molar-refractivity contribution < 1.29 is 31.9 Å². The Morgan fingerprint density at radius 3 is 2.56 bits per heavy atom. The highest BCUT2D eigenvalue weighted by atomic mass is 35.5. The summed E-state index contributed by atoms with van der Waals surface area (Å²) >= 11 is 6.94. The van der Waals surface area contributed by atoms with Gasteiger partial charge in [0.15, 0.2) is 24.1 Å². The molecule has 3 rings (SSSR count). The number of fused-ring (bicyclic) bond motifs is 1. The van der Waals surface area contributed by atoms with Gasteiger partial charge in [-0.3, -0.25) is 4.79 Å². The second-order valence-corrected chi connectivity index (χ2v) is 6.66. The number of hydrogen-bond acceptors (Lipinski definition) is 4. The summed E-state index contributed by atoms with van der Waals surface area (Å²) in [4.78, 5) is 23.8. The van der Waals surface area contributed by atoms with E-state index >= 15 is 0 Å². The third-order valence-electron chi connectivity index (χ3n) is 3.42. The number of esters is 1. The van der Waals surface area contributed by atoms with Crippen molar-refractivity contribution in [3.05, 3.63) is 63.5 Å². The number of amides is 1. The van der Waals surface area contributed by atoms with E-state index in [4.69, 9.17) is 16.3 Å². The van der Waals surface area contributed by atoms with Gasteiger partial charge in [-0.15, -0.1) is 11.3 Å². The minimum atomic E-state index is -1.74. The van der Waals surface area contributed by atoms with Gasteiger partial charge in [0.1, 0.15) is 10.7 Å². The maximum Gasteiger partial charge on any atom is 0.350 e. The molecule has 0 bridgehead atoms. The zero-order valence-electron chi connectivity index (χ0n) is 13.1. The molecule has 1 heterocycles. The molecule has 0 spiro atoms. The third kappa shape index (κ3) is 3.88. The minimum Gasteiger partial charge on any atom is -0.451 e. The van der Waals surface area contributed by atoms with Crippen LogP contribution in [0.4, 0.5) is 23.2 Å². The molecule has 3 aromatic rings. The number of ether oxygens (including phenoxy) is 1. The zero-order chi connectivity index (χ0) is 19.7. The van der Waals surface area contributed by atoms with Crippen molar-refractivity contribution in [3.63, 3.8) is 0 Å². The normalized spacial score (nSPS) is 10.9. The Labute approximate surface area is 158 Å². The first-order valence-electron chi connectivity index (χ1n) is 7.26. The number of anilines is 1. The number of carbonyl (C=O) groups is 2. The number of thiophene rings is 1. The smallest absolute Gasteiger partial charge is 0.350 e. The van der Waals surface area contributed by atoms with Gasteiger partial charge in [0, 0.05) is 10.1 Å². The Bertz CT molecular complexity index is 1070. The van der Waals surface area contributed by atoms with Crippen LogP contribution in [0.15, 0.2) is 30.3 Å². The summed E-state index contributed by atoms with van der Waals surface area (Å²) in [6.07, 6.45) is 0. The maximum atomic E-state index is 13.5. The number of nitrogens with one attached hydrogen (secondary N) is 1. The summed E-state index contributed by atoms with van der Waals surface area (Å²) in [5, 5.41) is 2.45. The standard InChI is InChI=1S/C17H8ClF4NO3S/c18-13-8-2-1-7(19)5-11(8)27-16(13)17(25)26-6-12(24)23-10-4-3-9(20)14(21)15(10)22/h1-5H,6H2,(H,23,24). The van der Waals surface area contributed by atoms with Gasteiger partial charge in [-0.1, -0.05) is 11.6 Å². The lowest BCUT2D eigenvalue weighted by Gasteiger charge is -2.08. The van der Waals surface area contributed by atoms with Crippen LogP contribution in [0.3, 0.4) is 0 Å². The number of hydrogen-bond donors (Lipinski definition) is 1. The Kier molecular flexibility index (Phi) is 5.33. The molecule has 0 atom stereocenters. The molecule has 0 fully saturated rings. The highest BCUT2D eigenvalue weighted by molar-refractivity contribution is 7.21. The van der Waals surface area contributed by atoms with Crippen molar-refractivity contribution in [1.82, 2.24) is 0 Å². The van der Waals surface area contributed by atoms with Crippen LogP contribution >= 0.6 is 22.9 Å². The largest absolute Gasteiger partial charge is 0.451 e.